The van der Waals surface area contributed by atoms with Gasteiger partial charge in [0.05, 0.1) is 18.6 Å². The van der Waals surface area contributed by atoms with Crippen molar-refractivity contribution in [3.05, 3.63) is 12.2 Å². The molecule has 1 heterocycles. The lowest BCUT2D eigenvalue weighted by atomic mass is 10.0. The minimum Gasteiger partial charge on any atom is -0.463 e. The third kappa shape index (κ3) is 5.14. The minimum absolute atomic E-state index is 0.0644. The topological polar surface area (TPSA) is 85.2 Å². The van der Waals surface area contributed by atoms with Crippen molar-refractivity contribution in [2.24, 2.45) is 0 Å². The van der Waals surface area contributed by atoms with Crippen LogP contribution in [0.1, 0.15) is 26.2 Å². The fourth-order valence-corrected chi connectivity index (χ4v) is 1.61. The van der Waals surface area contributed by atoms with Gasteiger partial charge in [0.1, 0.15) is 6.79 Å². The van der Waals surface area contributed by atoms with Crippen LogP contribution >= 0.6 is 0 Å². The van der Waals surface area contributed by atoms with Crippen molar-refractivity contribution in [2.45, 2.75) is 44.2 Å². The molecule has 0 amide bonds. The first-order valence-electron chi connectivity index (χ1n) is 5.87. The molecule has 18 heavy (non-hydrogen) atoms. The van der Waals surface area contributed by atoms with Gasteiger partial charge in [-0.05, 0) is 19.4 Å². The van der Waals surface area contributed by atoms with E-state index in [1.807, 2.05) is 0 Å². The molecule has 0 unspecified atom stereocenters. The molecule has 0 fully saturated rings. The van der Waals surface area contributed by atoms with Crippen molar-refractivity contribution < 1.29 is 29.2 Å². The van der Waals surface area contributed by atoms with E-state index in [4.69, 9.17) is 14.2 Å². The number of aliphatic hydroxyl groups is 2. The van der Waals surface area contributed by atoms with Gasteiger partial charge in [-0.2, -0.15) is 0 Å². The van der Waals surface area contributed by atoms with Crippen LogP contribution in [0.4, 0.5) is 0 Å². The SMILES string of the molecule is COCO[C@@]1(O)C=C[C@@H](O)CC(=O)O[C@H](C)CC1. The highest BCUT2D eigenvalue weighted by Crippen LogP contribution is 2.21. The normalized spacial score (nSPS) is 34.1. The standard InChI is InChI=1S/C12H20O6/c1-9-3-5-12(15,17-8-16-2)6-4-10(13)7-11(14)18-9/h4,6,9-10,13,15H,3,5,7-8H2,1-2H3/t9-,10-,12-/m1/s1. The minimum atomic E-state index is -1.52. The molecule has 1 aliphatic heterocycles. The zero-order valence-electron chi connectivity index (χ0n) is 10.7. The molecule has 104 valence electrons. The van der Waals surface area contributed by atoms with Gasteiger partial charge in [0.15, 0.2) is 5.79 Å². The first kappa shape index (κ1) is 15.1. The molecule has 0 saturated carbocycles. The highest BCUT2D eigenvalue weighted by atomic mass is 16.7. The number of esters is 1. The maximum Gasteiger partial charge on any atom is 0.309 e. The third-order valence-electron chi connectivity index (χ3n) is 2.62. The summed E-state index contributed by atoms with van der Waals surface area (Å²) in [4.78, 5) is 11.3. The van der Waals surface area contributed by atoms with Crippen molar-refractivity contribution >= 4 is 5.97 Å². The number of carbonyl (C=O) groups is 1. The fourth-order valence-electron chi connectivity index (χ4n) is 1.61. The molecule has 0 radical (unpaired) electrons. The number of methoxy groups -OCH3 is 1. The number of hydrogen-bond donors (Lipinski definition) is 2. The molecule has 1 rings (SSSR count). The fraction of sp³-hybridized carbons (Fsp3) is 0.750. The second kappa shape index (κ2) is 6.84. The smallest absolute Gasteiger partial charge is 0.309 e. The van der Waals surface area contributed by atoms with Crippen molar-refractivity contribution in [3.63, 3.8) is 0 Å². The second-order valence-electron chi connectivity index (χ2n) is 4.37. The number of hydrogen-bond acceptors (Lipinski definition) is 6. The molecule has 1 aliphatic rings. The number of carbonyl (C=O) groups excluding carboxylic acids is 1. The lowest BCUT2D eigenvalue weighted by Gasteiger charge is -2.27. The quantitative estimate of drug-likeness (QED) is 0.432. The third-order valence-corrected chi connectivity index (χ3v) is 2.62. The lowest BCUT2D eigenvalue weighted by Crippen LogP contribution is -2.34. The van der Waals surface area contributed by atoms with Crippen molar-refractivity contribution in [1.29, 1.82) is 0 Å². The predicted molar refractivity (Wildman–Crippen MR) is 62.5 cm³/mol. The van der Waals surface area contributed by atoms with Crippen LogP contribution in [0.2, 0.25) is 0 Å². The number of rotatable bonds is 3. The summed E-state index contributed by atoms with van der Waals surface area (Å²) in [6.45, 7) is 1.66. The molecule has 0 bridgehead atoms. The average Bonchev–Trinajstić information content (AvgIpc) is 2.31. The van der Waals surface area contributed by atoms with Gasteiger partial charge in [-0.25, -0.2) is 0 Å². The number of cyclic esters (lactones) is 1. The monoisotopic (exact) mass is 260 g/mol. The molecule has 6 nitrogen and oxygen atoms in total. The van der Waals surface area contributed by atoms with Crippen LogP contribution in [-0.2, 0) is 19.0 Å². The summed E-state index contributed by atoms with van der Waals surface area (Å²) in [5, 5.41) is 19.7. The Balaban J connectivity index is 2.75. The van der Waals surface area contributed by atoms with E-state index in [1.54, 1.807) is 6.92 Å². The number of aliphatic hydroxyl groups excluding tert-OH is 1. The summed E-state index contributed by atoms with van der Waals surface area (Å²) < 4.78 is 15.0. The zero-order chi connectivity index (χ0) is 13.6. The van der Waals surface area contributed by atoms with Gasteiger partial charge in [-0.1, -0.05) is 6.08 Å². The van der Waals surface area contributed by atoms with E-state index in [1.165, 1.54) is 19.3 Å². The van der Waals surface area contributed by atoms with Gasteiger partial charge in [0.2, 0.25) is 0 Å². The first-order valence-corrected chi connectivity index (χ1v) is 5.87. The van der Waals surface area contributed by atoms with E-state index < -0.39 is 17.9 Å². The van der Waals surface area contributed by atoms with Gasteiger partial charge >= 0.3 is 5.97 Å². The molecule has 0 saturated heterocycles. The Hall–Kier alpha value is -0.950. The van der Waals surface area contributed by atoms with Crippen LogP contribution in [-0.4, -0.2) is 48.1 Å². The summed E-state index contributed by atoms with van der Waals surface area (Å²) in [5.41, 5.74) is 0. The summed E-state index contributed by atoms with van der Waals surface area (Å²) in [5.74, 6) is -1.97. The van der Waals surface area contributed by atoms with Gasteiger partial charge in [-0.3, -0.25) is 4.79 Å². The van der Waals surface area contributed by atoms with Gasteiger partial charge < -0.3 is 24.4 Å². The van der Waals surface area contributed by atoms with Gasteiger partial charge in [0, 0.05) is 13.5 Å². The Kier molecular flexibility index (Phi) is 5.74. The molecule has 0 aromatic heterocycles. The lowest BCUT2D eigenvalue weighted by molar-refractivity contribution is -0.219. The molecule has 6 heteroatoms. The maximum absolute atomic E-state index is 11.3. The van der Waals surface area contributed by atoms with Gasteiger partial charge in [0.25, 0.3) is 0 Å². The first-order chi connectivity index (χ1) is 8.45. The van der Waals surface area contributed by atoms with Crippen LogP contribution in [0.3, 0.4) is 0 Å². The van der Waals surface area contributed by atoms with Crippen LogP contribution in [0.5, 0.6) is 0 Å². The summed E-state index contributed by atoms with van der Waals surface area (Å²) >= 11 is 0. The van der Waals surface area contributed by atoms with Crippen molar-refractivity contribution in [2.75, 3.05) is 13.9 Å². The van der Waals surface area contributed by atoms with Crippen LogP contribution in [0.25, 0.3) is 0 Å². The molecule has 0 aliphatic carbocycles. The molecule has 0 aromatic rings. The van der Waals surface area contributed by atoms with Crippen LogP contribution < -0.4 is 0 Å². The van der Waals surface area contributed by atoms with E-state index in [2.05, 4.69) is 0 Å². The predicted octanol–water partition coefficient (Wildman–Crippen LogP) is 0.328. The van der Waals surface area contributed by atoms with E-state index in [0.717, 1.165) is 0 Å². The Morgan fingerprint density at radius 2 is 2.33 bits per heavy atom. The van der Waals surface area contributed by atoms with Crippen LogP contribution in [0, 0.1) is 0 Å². The Bertz CT molecular complexity index is 303. The van der Waals surface area contributed by atoms with E-state index in [0.29, 0.717) is 6.42 Å². The summed E-state index contributed by atoms with van der Waals surface area (Å²) in [7, 11) is 1.45. The maximum atomic E-state index is 11.3. The molecule has 0 spiro atoms. The molecule has 3 atom stereocenters. The largest absolute Gasteiger partial charge is 0.463 e. The molecular weight excluding hydrogens is 240 g/mol. The van der Waals surface area contributed by atoms with Crippen molar-refractivity contribution in [1.82, 2.24) is 0 Å². The number of ether oxygens (including phenoxy) is 3. The summed E-state index contributed by atoms with van der Waals surface area (Å²) in [6, 6.07) is 0. The highest BCUT2D eigenvalue weighted by molar-refractivity contribution is 5.70. The highest BCUT2D eigenvalue weighted by Gasteiger charge is 2.28. The van der Waals surface area contributed by atoms with E-state index in [-0.39, 0.29) is 25.7 Å². The Labute approximate surface area is 106 Å². The van der Waals surface area contributed by atoms with E-state index >= 15 is 0 Å². The average molecular weight is 260 g/mol. The Morgan fingerprint density at radius 3 is 3.00 bits per heavy atom. The molecular formula is C12H20O6. The summed E-state index contributed by atoms with van der Waals surface area (Å²) in [6.07, 6.45) is 1.89. The molecule has 2 N–H and O–H groups in total. The van der Waals surface area contributed by atoms with Gasteiger partial charge in [-0.15, -0.1) is 0 Å². The zero-order valence-corrected chi connectivity index (χ0v) is 10.7. The van der Waals surface area contributed by atoms with E-state index in [9.17, 15) is 15.0 Å². The molecule has 0 aromatic carbocycles. The second-order valence-corrected chi connectivity index (χ2v) is 4.37. The van der Waals surface area contributed by atoms with Crippen LogP contribution in [0.15, 0.2) is 12.2 Å². The Morgan fingerprint density at radius 1 is 1.61 bits per heavy atom. The van der Waals surface area contributed by atoms with Crippen molar-refractivity contribution in [3.8, 4) is 0 Å².